The molecule has 1 unspecified atom stereocenters. The SMILES string of the molecule is CNCc1c(C)oc(C)c1S(=O)(=O)NCC1CCCS1. The molecule has 2 heterocycles. The minimum Gasteiger partial charge on any atom is -0.465 e. The lowest BCUT2D eigenvalue weighted by Crippen LogP contribution is -2.31. The van der Waals surface area contributed by atoms with E-state index < -0.39 is 10.0 Å². The standard InChI is InChI=1S/C13H22N2O3S2/c1-9-12(8-14-3)13(10(2)18-9)20(16,17)15-7-11-5-4-6-19-11/h11,14-15H,4-8H2,1-3H3. The number of aryl methyl sites for hydroxylation is 2. The van der Waals surface area contributed by atoms with Crippen molar-refractivity contribution in [2.45, 2.75) is 43.4 Å². The number of sulfonamides is 1. The fourth-order valence-corrected chi connectivity index (χ4v) is 5.36. The van der Waals surface area contributed by atoms with Crippen LogP contribution in [0.15, 0.2) is 9.31 Å². The van der Waals surface area contributed by atoms with Gasteiger partial charge in [-0.25, -0.2) is 13.1 Å². The number of hydrogen-bond donors (Lipinski definition) is 2. The van der Waals surface area contributed by atoms with Crippen LogP contribution in [0.4, 0.5) is 0 Å². The van der Waals surface area contributed by atoms with Crippen molar-refractivity contribution in [3.63, 3.8) is 0 Å². The molecule has 1 aromatic rings. The van der Waals surface area contributed by atoms with Crippen molar-refractivity contribution in [3.05, 3.63) is 17.1 Å². The van der Waals surface area contributed by atoms with E-state index in [-0.39, 0.29) is 0 Å². The second kappa shape index (κ2) is 6.51. The lowest BCUT2D eigenvalue weighted by atomic mass is 10.2. The van der Waals surface area contributed by atoms with Gasteiger partial charge in [0, 0.05) is 23.9 Å². The fraction of sp³-hybridized carbons (Fsp3) is 0.692. The second-order valence-electron chi connectivity index (χ2n) is 5.04. The van der Waals surface area contributed by atoms with Gasteiger partial charge in [-0.3, -0.25) is 0 Å². The van der Waals surface area contributed by atoms with E-state index in [1.807, 2.05) is 11.8 Å². The molecule has 0 amide bonds. The lowest BCUT2D eigenvalue weighted by Gasteiger charge is -2.11. The van der Waals surface area contributed by atoms with E-state index in [0.29, 0.717) is 34.8 Å². The van der Waals surface area contributed by atoms with Crippen molar-refractivity contribution >= 4 is 21.8 Å². The molecule has 0 spiro atoms. The normalized spacial score (nSPS) is 19.6. The van der Waals surface area contributed by atoms with E-state index in [9.17, 15) is 8.42 Å². The maximum Gasteiger partial charge on any atom is 0.244 e. The van der Waals surface area contributed by atoms with Gasteiger partial charge >= 0.3 is 0 Å². The summed E-state index contributed by atoms with van der Waals surface area (Å²) in [5.74, 6) is 2.24. The summed E-state index contributed by atoms with van der Waals surface area (Å²) in [5.41, 5.74) is 0.719. The molecule has 0 aromatic carbocycles. The smallest absolute Gasteiger partial charge is 0.244 e. The topological polar surface area (TPSA) is 71.3 Å². The minimum absolute atomic E-state index is 0.298. The van der Waals surface area contributed by atoms with Crippen LogP contribution < -0.4 is 10.0 Å². The molecule has 5 nitrogen and oxygen atoms in total. The summed E-state index contributed by atoms with van der Waals surface area (Å²) >= 11 is 1.84. The molecule has 2 N–H and O–H groups in total. The molecule has 2 rings (SSSR count). The zero-order valence-corrected chi connectivity index (χ0v) is 13.8. The Bertz CT molecular complexity index is 560. The molecule has 1 atom stereocenters. The number of hydrogen-bond acceptors (Lipinski definition) is 5. The molecular weight excluding hydrogens is 296 g/mol. The van der Waals surface area contributed by atoms with Crippen LogP contribution in [-0.4, -0.2) is 33.0 Å². The number of rotatable bonds is 6. The first-order valence-electron chi connectivity index (χ1n) is 6.80. The predicted octanol–water partition coefficient (Wildman–Crippen LogP) is 1.79. The average molecular weight is 318 g/mol. The van der Waals surface area contributed by atoms with E-state index >= 15 is 0 Å². The Morgan fingerprint density at radius 1 is 1.35 bits per heavy atom. The highest BCUT2D eigenvalue weighted by atomic mass is 32.2. The van der Waals surface area contributed by atoms with Gasteiger partial charge in [-0.2, -0.15) is 11.8 Å². The Labute approximate surface area is 124 Å². The highest BCUT2D eigenvalue weighted by Crippen LogP contribution is 2.28. The molecule has 1 aliphatic heterocycles. The Hall–Kier alpha value is -0.500. The zero-order valence-electron chi connectivity index (χ0n) is 12.2. The molecule has 0 aliphatic carbocycles. The van der Waals surface area contributed by atoms with Crippen molar-refractivity contribution in [2.24, 2.45) is 0 Å². The van der Waals surface area contributed by atoms with Gasteiger partial charge in [0.25, 0.3) is 0 Å². The van der Waals surface area contributed by atoms with Crippen LogP contribution >= 0.6 is 11.8 Å². The van der Waals surface area contributed by atoms with Crippen LogP contribution in [0.5, 0.6) is 0 Å². The summed E-state index contributed by atoms with van der Waals surface area (Å²) in [4.78, 5) is 0.298. The van der Waals surface area contributed by atoms with Gasteiger partial charge in [0.1, 0.15) is 16.4 Å². The average Bonchev–Trinajstić information content (AvgIpc) is 2.97. The van der Waals surface area contributed by atoms with Crippen LogP contribution in [-0.2, 0) is 16.6 Å². The van der Waals surface area contributed by atoms with E-state index in [0.717, 1.165) is 17.7 Å². The zero-order chi connectivity index (χ0) is 14.8. The quantitative estimate of drug-likeness (QED) is 0.837. The first-order chi connectivity index (χ1) is 9.45. The Morgan fingerprint density at radius 3 is 2.70 bits per heavy atom. The Morgan fingerprint density at radius 2 is 2.10 bits per heavy atom. The van der Waals surface area contributed by atoms with Crippen LogP contribution in [0, 0.1) is 13.8 Å². The molecule has 7 heteroatoms. The van der Waals surface area contributed by atoms with E-state index in [1.54, 1.807) is 20.9 Å². The first-order valence-corrected chi connectivity index (χ1v) is 9.33. The van der Waals surface area contributed by atoms with Gasteiger partial charge in [-0.1, -0.05) is 0 Å². The van der Waals surface area contributed by atoms with Crippen molar-refractivity contribution in [1.29, 1.82) is 0 Å². The van der Waals surface area contributed by atoms with Crippen molar-refractivity contribution in [1.82, 2.24) is 10.0 Å². The lowest BCUT2D eigenvalue weighted by molar-refractivity contribution is 0.493. The highest BCUT2D eigenvalue weighted by Gasteiger charge is 2.27. The van der Waals surface area contributed by atoms with Gasteiger partial charge in [0.15, 0.2) is 0 Å². The fourth-order valence-electron chi connectivity index (χ4n) is 2.52. The molecule has 0 bridgehead atoms. The van der Waals surface area contributed by atoms with Crippen molar-refractivity contribution < 1.29 is 12.8 Å². The Balaban J connectivity index is 2.19. The maximum absolute atomic E-state index is 12.5. The molecule has 0 radical (unpaired) electrons. The molecule has 1 aliphatic rings. The van der Waals surface area contributed by atoms with Gasteiger partial charge < -0.3 is 9.73 Å². The molecule has 0 saturated carbocycles. The molecule has 1 aromatic heterocycles. The predicted molar refractivity (Wildman–Crippen MR) is 81.6 cm³/mol. The third-order valence-electron chi connectivity index (χ3n) is 3.47. The second-order valence-corrected chi connectivity index (χ2v) is 8.15. The summed E-state index contributed by atoms with van der Waals surface area (Å²) in [6, 6.07) is 0. The maximum atomic E-state index is 12.5. The summed E-state index contributed by atoms with van der Waals surface area (Å²) in [6.45, 7) is 4.48. The summed E-state index contributed by atoms with van der Waals surface area (Å²) in [7, 11) is -1.72. The van der Waals surface area contributed by atoms with E-state index in [4.69, 9.17) is 4.42 Å². The highest BCUT2D eigenvalue weighted by molar-refractivity contribution is 8.00. The molecule has 1 fully saturated rings. The number of furan rings is 1. The molecule has 20 heavy (non-hydrogen) atoms. The van der Waals surface area contributed by atoms with Crippen LogP contribution in [0.25, 0.3) is 0 Å². The van der Waals surface area contributed by atoms with Gasteiger partial charge in [-0.15, -0.1) is 0 Å². The summed E-state index contributed by atoms with van der Waals surface area (Å²) in [6.07, 6.45) is 2.26. The van der Waals surface area contributed by atoms with Crippen LogP contribution in [0.2, 0.25) is 0 Å². The van der Waals surface area contributed by atoms with Crippen LogP contribution in [0.1, 0.15) is 29.9 Å². The third-order valence-corrected chi connectivity index (χ3v) is 6.49. The summed E-state index contributed by atoms with van der Waals surface area (Å²) in [5, 5.41) is 3.39. The van der Waals surface area contributed by atoms with E-state index in [1.165, 1.54) is 6.42 Å². The largest absolute Gasteiger partial charge is 0.465 e. The Kier molecular flexibility index (Phi) is 5.17. The monoisotopic (exact) mass is 318 g/mol. The van der Waals surface area contributed by atoms with Gasteiger partial charge in [0.05, 0.1) is 0 Å². The van der Waals surface area contributed by atoms with Crippen molar-refractivity contribution in [3.8, 4) is 0 Å². The molecule has 1 saturated heterocycles. The number of nitrogens with one attached hydrogen (secondary N) is 2. The number of thioether (sulfide) groups is 1. The molecule has 114 valence electrons. The van der Waals surface area contributed by atoms with Crippen molar-refractivity contribution in [2.75, 3.05) is 19.3 Å². The summed E-state index contributed by atoms with van der Waals surface area (Å²) < 4.78 is 33.2. The minimum atomic E-state index is -3.51. The third kappa shape index (κ3) is 3.39. The van der Waals surface area contributed by atoms with Gasteiger partial charge in [-0.05, 0) is 39.5 Å². The van der Waals surface area contributed by atoms with E-state index in [2.05, 4.69) is 10.0 Å². The molecular formula is C13H22N2O3S2. The first kappa shape index (κ1) is 15.9. The van der Waals surface area contributed by atoms with Crippen LogP contribution in [0.3, 0.4) is 0 Å². The van der Waals surface area contributed by atoms with Gasteiger partial charge in [0.2, 0.25) is 10.0 Å².